The Morgan fingerprint density at radius 2 is 2.15 bits per heavy atom. The smallest absolute Gasteiger partial charge is 0.230 e. The first-order valence-electron chi connectivity index (χ1n) is 7.02. The van der Waals surface area contributed by atoms with E-state index in [1.54, 1.807) is 11.8 Å². The summed E-state index contributed by atoms with van der Waals surface area (Å²) < 4.78 is 0. The van der Waals surface area contributed by atoms with Gasteiger partial charge in [-0.3, -0.25) is 4.79 Å². The van der Waals surface area contributed by atoms with Gasteiger partial charge in [0.05, 0.1) is 5.75 Å². The van der Waals surface area contributed by atoms with E-state index >= 15 is 0 Å². The number of amides is 1. The Balaban J connectivity index is 1.74. The fourth-order valence-corrected chi connectivity index (χ4v) is 4.60. The van der Waals surface area contributed by atoms with Gasteiger partial charge in [-0.15, -0.1) is 11.8 Å². The first kappa shape index (κ1) is 14.2. The topological polar surface area (TPSA) is 54.9 Å². The lowest BCUT2D eigenvalue weighted by Gasteiger charge is -2.12. The van der Waals surface area contributed by atoms with Crippen LogP contribution in [0.5, 0.6) is 0 Å². The number of thioether (sulfide) groups is 2. The number of fused-ring (bicyclic) bond motifs is 1. The Morgan fingerprint density at radius 1 is 1.40 bits per heavy atom. The Labute approximate surface area is 127 Å². The summed E-state index contributed by atoms with van der Waals surface area (Å²) in [7, 11) is 0. The lowest BCUT2D eigenvalue weighted by atomic mass is 10.0. The maximum absolute atomic E-state index is 11.8. The van der Waals surface area contributed by atoms with E-state index in [1.807, 2.05) is 18.7 Å². The molecule has 108 valence electrons. The molecule has 1 aromatic rings. The maximum atomic E-state index is 11.8. The molecule has 2 aliphatic rings. The van der Waals surface area contributed by atoms with Gasteiger partial charge in [-0.05, 0) is 25.7 Å². The van der Waals surface area contributed by atoms with Gasteiger partial charge in [-0.25, -0.2) is 9.97 Å². The van der Waals surface area contributed by atoms with E-state index in [1.165, 1.54) is 5.56 Å². The number of hydrogen-bond donors (Lipinski definition) is 1. The Hall–Kier alpha value is -0.750. The fourth-order valence-electron chi connectivity index (χ4n) is 2.26. The van der Waals surface area contributed by atoms with Crippen LogP contribution < -0.4 is 5.32 Å². The summed E-state index contributed by atoms with van der Waals surface area (Å²) in [5.41, 5.74) is 1.23. The van der Waals surface area contributed by atoms with Crippen molar-refractivity contribution >= 4 is 29.4 Å². The molecule has 0 spiro atoms. The largest absolute Gasteiger partial charge is 0.353 e. The highest BCUT2D eigenvalue weighted by Crippen LogP contribution is 2.47. The minimum Gasteiger partial charge on any atom is -0.353 e. The highest BCUT2D eigenvalue weighted by molar-refractivity contribution is 8.01. The predicted molar refractivity (Wildman–Crippen MR) is 82.4 cm³/mol. The number of carbonyl (C=O) groups is 1. The van der Waals surface area contributed by atoms with Crippen molar-refractivity contribution in [1.82, 2.24) is 15.3 Å². The van der Waals surface area contributed by atoms with E-state index < -0.39 is 0 Å². The van der Waals surface area contributed by atoms with Crippen LogP contribution in [0.3, 0.4) is 0 Å². The molecule has 0 unspecified atom stereocenters. The summed E-state index contributed by atoms with van der Waals surface area (Å²) in [4.78, 5) is 20.9. The molecule has 0 radical (unpaired) electrons. The third kappa shape index (κ3) is 2.96. The summed E-state index contributed by atoms with van der Waals surface area (Å²) in [6.45, 7) is 6.36. The number of carbonyl (C=O) groups excluding carboxylic acids is 1. The first-order chi connectivity index (χ1) is 9.54. The monoisotopic (exact) mass is 309 g/mol. The lowest BCUT2D eigenvalue weighted by molar-refractivity contribution is -0.118. The SMILES string of the molecule is Cc1nc(SCC(=O)NC2CC2)c2c(n1)S[C@H](C)[C@@H]2C. The van der Waals surface area contributed by atoms with Gasteiger partial charge in [-0.1, -0.05) is 25.6 Å². The standard InChI is InChI=1S/C14H19N3OS2/c1-7-8(2)20-14-12(7)13(15-9(3)16-14)19-6-11(18)17-10-4-5-10/h7-8,10H,4-6H2,1-3H3,(H,17,18)/t7-,8+/m0/s1. The van der Waals surface area contributed by atoms with Crippen LogP contribution in [0.2, 0.25) is 0 Å². The Bertz CT molecular complexity index is 545. The van der Waals surface area contributed by atoms with Gasteiger partial charge in [0.1, 0.15) is 15.9 Å². The average molecular weight is 309 g/mol. The third-order valence-corrected chi connectivity index (χ3v) is 6.03. The molecule has 1 aliphatic heterocycles. The molecular formula is C14H19N3OS2. The van der Waals surface area contributed by atoms with Gasteiger partial charge < -0.3 is 5.32 Å². The number of nitrogens with one attached hydrogen (secondary N) is 1. The zero-order valence-electron chi connectivity index (χ0n) is 12.0. The normalized spacial score (nSPS) is 24.6. The molecule has 1 aromatic heterocycles. The second-order valence-corrected chi connectivity index (χ2v) is 7.87. The highest BCUT2D eigenvalue weighted by atomic mass is 32.2. The van der Waals surface area contributed by atoms with Crippen LogP contribution in [0.25, 0.3) is 0 Å². The molecule has 4 nitrogen and oxygen atoms in total. The minimum atomic E-state index is 0.119. The highest BCUT2D eigenvalue weighted by Gasteiger charge is 2.32. The summed E-state index contributed by atoms with van der Waals surface area (Å²) >= 11 is 3.36. The van der Waals surface area contributed by atoms with Crippen molar-refractivity contribution in [2.24, 2.45) is 0 Å². The summed E-state index contributed by atoms with van der Waals surface area (Å²) in [5, 5.41) is 5.63. The van der Waals surface area contributed by atoms with Crippen LogP contribution in [0.15, 0.2) is 10.1 Å². The first-order valence-corrected chi connectivity index (χ1v) is 8.88. The molecule has 2 atom stereocenters. The van der Waals surface area contributed by atoms with Crippen LogP contribution in [0.4, 0.5) is 0 Å². The molecule has 20 heavy (non-hydrogen) atoms. The van der Waals surface area contributed by atoms with Crippen molar-refractivity contribution < 1.29 is 4.79 Å². The molecule has 3 rings (SSSR count). The molecule has 0 saturated heterocycles. The number of hydrogen-bond acceptors (Lipinski definition) is 5. The summed E-state index contributed by atoms with van der Waals surface area (Å²) in [6, 6.07) is 0.426. The van der Waals surface area contributed by atoms with Gasteiger partial charge in [0.2, 0.25) is 5.91 Å². The van der Waals surface area contributed by atoms with Gasteiger partial charge in [0.25, 0.3) is 0 Å². The van der Waals surface area contributed by atoms with Crippen LogP contribution in [-0.2, 0) is 4.79 Å². The third-order valence-electron chi connectivity index (χ3n) is 3.73. The van der Waals surface area contributed by atoms with Crippen molar-refractivity contribution in [2.45, 2.75) is 60.9 Å². The van der Waals surface area contributed by atoms with E-state index in [0.29, 0.717) is 23.0 Å². The van der Waals surface area contributed by atoms with Crippen LogP contribution in [0.1, 0.15) is 44.0 Å². The van der Waals surface area contributed by atoms with Crippen molar-refractivity contribution in [3.63, 3.8) is 0 Å². The Kier molecular flexibility index (Phi) is 3.95. The summed E-state index contributed by atoms with van der Waals surface area (Å²) in [6.07, 6.45) is 2.26. The molecule has 1 N–H and O–H groups in total. The minimum absolute atomic E-state index is 0.119. The van der Waals surface area contributed by atoms with Gasteiger partial charge in [0, 0.05) is 16.9 Å². The second-order valence-electron chi connectivity index (χ2n) is 5.54. The van der Waals surface area contributed by atoms with Gasteiger partial charge in [-0.2, -0.15) is 0 Å². The zero-order chi connectivity index (χ0) is 14.3. The average Bonchev–Trinajstić information content (AvgIpc) is 3.14. The summed E-state index contributed by atoms with van der Waals surface area (Å²) in [5.74, 6) is 1.81. The maximum Gasteiger partial charge on any atom is 0.230 e. The van der Waals surface area contributed by atoms with E-state index in [9.17, 15) is 4.79 Å². The number of rotatable bonds is 4. The predicted octanol–water partition coefficient (Wildman–Crippen LogP) is 2.75. The molecule has 0 bridgehead atoms. The molecule has 1 saturated carbocycles. The van der Waals surface area contributed by atoms with E-state index in [4.69, 9.17) is 0 Å². The molecule has 6 heteroatoms. The molecule has 1 aliphatic carbocycles. The van der Waals surface area contributed by atoms with Crippen LogP contribution in [-0.4, -0.2) is 32.9 Å². The molecule has 0 aromatic carbocycles. The fraction of sp³-hybridized carbons (Fsp3) is 0.643. The molecule has 2 heterocycles. The van der Waals surface area contributed by atoms with Crippen molar-refractivity contribution in [2.75, 3.05) is 5.75 Å². The molecule has 1 fully saturated rings. The quantitative estimate of drug-likeness (QED) is 0.684. The second kappa shape index (κ2) is 5.56. The van der Waals surface area contributed by atoms with E-state index in [0.717, 1.165) is 28.7 Å². The van der Waals surface area contributed by atoms with Gasteiger partial charge in [0.15, 0.2) is 0 Å². The van der Waals surface area contributed by atoms with Crippen LogP contribution >= 0.6 is 23.5 Å². The van der Waals surface area contributed by atoms with Crippen molar-refractivity contribution in [3.8, 4) is 0 Å². The number of aromatic nitrogens is 2. The van der Waals surface area contributed by atoms with E-state index in [2.05, 4.69) is 29.1 Å². The number of nitrogens with zero attached hydrogens (tertiary/aromatic N) is 2. The number of aryl methyl sites for hydroxylation is 1. The van der Waals surface area contributed by atoms with E-state index in [-0.39, 0.29) is 5.91 Å². The Morgan fingerprint density at radius 3 is 2.85 bits per heavy atom. The molecule has 1 amide bonds. The van der Waals surface area contributed by atoms with Crippen LogP contribution in [0, 0.1) is 6.92 Å². The van der Waals surface area contributed by atoms with Crippen molar-refractivity contribution in [3.05, 3.63) is 11.4 Å². The zero-order valence-corrected chi connectivity index (χ0v) is 13.6. The van der Waals surface area contributed by atoms with Crippen molar-refractivity contribution in [1.29, 1.82) is 0 Å². The molecular weight excluding hydrogens is 290 g/mol. The lowest BCUT2D eigenvalue weighted by Crippen LogP contribution is -2.27. The van der Waals surface area contributed by atoms with Gasteiger partial charge >= 0.3 is 0 Å².